The summed E-state index contributed by atoms with van der Waals surface area (Å²) in [5, 5.41) is 0.629. The normalized spacial score (nSPS) is 10.3. The fourth-order valence-corrected chi connectivity index (χ4v) is 2.36. The molecule has 0 atom stereocenters. The van der Waals surface area contributed by atoms with Gasteiger partial charge in [0.2, 0.25) is 0 Å². The average Bonchev–Trinajstić information content (AvgIpc) is 2.29. The topological polar surface area (TPSA) is 17.1 Å². The van der Waals surface area contributed by atoms with Gasteiger partial charge in [-0.15, -0.1) is 0 Å². The Morgan fingerprint density at radius 2 is 1.76 bits per heavy atom. The van der Waals surface area contributed by atoms with Crippen LogP contribution < -0.4 is 0 Å². The quantitative estimate of drug-likeness (QED) is 0.738. The molecule has 0 aliphatic rings. The van der Waals surface area contributed by atoms with Gasteiger partial charge in [0.05, 0.1) is 0 Å². The van der Waals surface area contributed by atoms with E-state index in [1.807, 2.05) is 25.1 Å². The Morgan fingerprint density at radius 3 is 2.35 bits per heavy atom. The number of aryl methyl sites for hydroxylation is 1. The second-order valence-corrected chi connectivity index (χ2v) is 5.11. The summed E-state index contributed by atoms with van der Waals surface area (Å²) < 4.78 is 0.817. The van der Waals surface area contributed by atoms with Gasteiger partial charge in [-0.2, -0.15) is 0 Å². The highest BCUT2D eigenvalue weighted by atomic mass is 79.9. The Bertz CT molecular complexity index is 561. The average molecular weight is 310 g/mol. The maximum Gasteiger partial charge on any atom is 0.194 e. The molecule has 0 N–H and O–H groups in total. The molecule has 2 aromatic carbocycles. The summed E-state index contributed by atoms with van der Waals surface area (Å²) in [7, 11) is 0. The van der Waals surface area contributed by atoms with E-state index in [4.69, 9.17) is 11.6 Å². The maximum atomic E-state index is 12.2. The fourth-order valence-electron chi connectivity index (χ4n) is 1.56. The summed E-state index contributed by atoms with van der Waals surface area (Å²) >= 11 is 9.21. The Labute approximate surface area is 114 Å². The van der Waals surface area contributed by atoms with Crippen molar-refractivity contribution in [2.45, 2.75) is 6.92 Å². The molecule has 0 saturated carbocycles. The highest BCUT2D eigenvalue weighted by molar-refractivity contribution is 9.10. The lowest BCUT2D eigenvalue weighted by molar-refractivity contribution is 0.103. The predicted octanol–water partition coefficient (Wildman–Crippen LogP) is 4.64. The number of rotatable bonds is 2. The lowest BCUT2D eigenvalue weighted by Gasteiger charge is -2.05. The Balaban J connectivity index is 2.40. The van der Waals surface area contributed by atoms with E-state index in [1.54, 1.807) is 24.3 Å². The number of ketones is 1. The molecule has 0 heterocycles. The largest absolute Gasteiger partial charge is 0.289 e. The van der Waals surface area contributed by atoms with Gasteiger partial charge in [0, 0.05) is 20.6 Å². The highest BCUT2D eigenvalue weighted by Gasteiger charge is 2.12. The maximum absolute atomic E-state index is 12.2. The van der Waals surface area contributed by atoms with Crippen molar-refractivity contribution in [2.75, 3.05) is 0 Å². The Hall–Kier alpha value is -1.12. The van der Waals surface area contributed by atoms with Gasteiger partial charge < -0.3 is 0 Å². The van der Waals surface area contributed by atoms with Crippen molar-refractivity contribution in [3.63, 3.8) is 0 Å². The molecule has 0 fully saturated rings. The molecule has 0 radical (unpaired) electrons. The van der Waals surface area contributed by atoms with E-state index in [2.05, 4.69) is 15.9 Å². The van der Waals surface area contributed by atoms with Crippen molar-refractivity contribution in [3.8, 4) is 0 Å². The van der Waals surface area contributed by atoms with Crippen LogP contribution >= 0.6 is 27.5 Å². The van der Waals surface area contributed by atoms with E-state index in [1.165, 1.54) is 0 Å². The third-order valence-electron chi connectivity index (χ3n) is 2.48. The summed E-state index contributed by atoms with van der Waals surface area (Å²) in [6.45, 7) is 1.99. The molecule has 3 heteroatoms. The van der Waals surface area contributed by atoms with E-state index in [0.29, 0.717) is 16.1 Å². The molecule has 0 amide bonds. The van der Waals surface area contributed by atoms with Crippen LogP contribution in [0.3, 0.4) is 0 Å². The van der Waals surface area contributed by atoms with E-state index in [9.17, 15) is 4.79 Å². The van der Waals surface area contributed by atoms with Gasteiger partial charge in [0.25, 0.3) is 0 Å². The first-order valence-corrected chi connectivity index (χ1v) is 6.31. The van der Waals surface area contributed by atoms with Crippen LogP contribution in [0.25, 0.3) is 0 Å². The van der Waals surface area contributed by atoms with Gasteiger partial charge in [0.1, 0.15) is 0 Å². The minimum absolute atomic E-state index is 0.00598. The van der Waals surface area contributed by atoms with Crippen molar-refractivity contribution < 1.29 is 4.79 Å². The number of carbonyl (C=O) groups is 1. The first-order chi connectivity index (χ1) is 8.08. The van der Waals surface area contributed by atoms with E-state index >= 15 is 0 Å². The molecule has 2 rings (SSSR count). The molecular formula is C14H10BrClO. The van der Waals surface area contributed by atoms with Gasteiger partial charge in [-0.25, -0.2) is 0 Å². The van der Waals surface area contributed by atoms with Crippen LogP contribution in [0.15, 0.2) is 46.9 Å². The van der Waals surface area contributed by atoms with Crippen LogP contribution in [0.2, 0.25) is 5.02 Å². The number of hydrogen-bond acceptors (Lipinski definition) is 1. The van der Waals surface area contributed by atoms with E-state index in [0.717, 1.165) is 10.0 Å². The number of halogens is 2. The van der Waals surface area contributed by atoms with Gasteiger partial charge in [-0.1, -0.05) is 33.6 Å². The summed E-state index contributed by atoms with van der Waals surface area (Å²) in [5.74, 6) is -0.00598. The lowest BCUT2D eigenvalue weighted by Crippen LogP contribution is -2.02. The minimum atomic E-state index is -0.00598. The number of hydrogen-bond donors (Lipinski definition) is 0. The van der Waals surface area contributed by atoms with Crippen molar-refractivity contribution in [1.82, 2.24) is 0 Å². The lowest BCUT2D eigenvalue weighted by atomic mass is 10.0. The predicted molar refractivity (Wildman–Crippen MR) is 73.8 cm³/mol. The van der Waals surface area contributed by atoms with Crippen LogP contribution in [0, 0.1) is 6.92 Å². The fraction of sp³-hybridized carbons (Fsp3) is 0.0714. The second kappa shape index (κ2) is 5.03. The van der Waals surface area contributed by atoms with Crippen molar-refractivity contribution in [3.05, 3.63) is 68.7 Å². The van der Waals surface area contributed by atoms with Gasteiger partial charge in [-0.05, 0) is 48.9 Å². The standard InChI is InChI=1S/C14H10BrClO/c1-9-2-7-12(13(15)8-9)14(17)10-3-5-11(16)6-4-10/h2-8H,1H3. The molecule has 1 nitrogen and oxygen atoms in total. The summed E-state index contributed by atoms with van der Waals surface area (Å²) in [5.41, 5.74) is 2.42. The molecule has 0 unspecified atom stereocenters. The Kier molecular flexibility index (Phi) is 3.65. The van der Waals surface area contributed by atoms with Crippen LogP contribution in [0.5, 0.6) is 0 Å². The molecule has 0 spiro atoms. The summed E-state index contributed by atoms with van der Waals surface area (Å²) in [6, 6.07) is 12.6. The minimum Gasteiger partial charge on any atom is -0.289 e. The SMILES string of the molecule is Cc1ccc(C(=O)c2ccc(Cl)cc2)c(Br)c1. The molecule has 0 aliphatic carbocycles. The van der Waals surface area contributed by atoms with Crippen LogP contribution in [0.1, 0.15) is 21.5 Å². The smallest absolute Gasteiger partial charge is 0.194 e. The Morgan fingerprint density at radius 1 is 1.12 bits per heavy atom. The summed E-state index contributed by atoms with van der Waals surface area (Å²) in [6.07, 6.45) is 0. The van der Waals surface area contributed by atoms with Crippen molar-refractivity contribution >= 4 is 33.3 Å². The molecule has 0 aliphatic heterocycles. The zero-order valence-electron chi connectivity index (χ0n) is 9.21. The number of carbonyl (C=O) groups excluding carboxylic acids is 1. The molecule has 0 saturated heterocycles. The van der Waals surface area contributed by atoms with Crippen molar-refractivity contribution in [1.29, 1.82) is 0 Å². The molecule has 86 valence electrons. The monoisotopic (exact) mass is 308 g/mol. The first-order valence-electron chi connectivity index (χ1n) is 5.14. The molecule has 0 bridgehead atoms. The van der Waals surface area contributed by atoms with E-state index < -0.39 is 0 Å². The molecule has 0 aromatic heterocycles. The molecular weight excluding hydrogens is 300 g/mol. The third-order valence-corrected chi connectivity index (χ3v) is 3.38. The summed E-state index contributed by atoms with van der Waals surface area (Å²) in [4.78, 5) is 12.2. The molecule has 2 aromatic rings. The van der Waals surface area contributed by atoms with Crippen LogP contribution in [-0.2, 0) is 0 Å². The third kappa shape index (κ3) is 2.76. The van der Waals surface area contributed by atoms with Gasteiger partial charge in [0.15, 0.2) is 5.78 Å². The highest BCUT2D eigenvalue weighted by Crippen LogP contribution is 2.22. The van der Waals surface area contributed by atoms with Crippen LogP contribution in [0.4, 0.5) is 0 Å². The molecule has 17 heavy (non-hydrogen) atoms. The first kappa shape index (κ1) is 12.3. The second-order valence-electron chi connectivity index (χ2n) is 3.82. The number of benzene rings is 2. The van der Waals surface area contributed by atoms with Crippen molar-refractivity contribution in [2.24, 2.45) is 0 Å². The zero-order chi connectivity index (χ0) is 12.4. The van der Waals surface area contributed by atoms with Crippen LogP contribution in [-0.4, -0.2) is 5.78 Å². The van der Waals surface area contributed by atoms with E-state index in [-0.39, 0.29) is 5.78 Å². The zero-order valence-corrected chi connectivity index (χ0v) is 11.5. The van der Waals surface area contributed by atoms with Gasteiger partial charge in [-0.3, -0.25) is 4.79 Å². The van der Waals surface area contributed by atoms with Gasteiger partial charge >= 0.3 is 0 Å².